The number of amides is 1. The Bertz CT molecular complexity index is 1750. The highest BCUT2D eigenvalue weighted by atomic mass is 16.5. The molecule has 0 radical (unpaired) electrons. The Kier molecular flexibility index (Phi) is 11.9. The van der Waals surface area contributed by atoms with Crippen LogP contribution in [0.1, 0.15) is 139 Å². The summed E-state index contributed by atoms with van der Waals surface area (Å²) in [6, 6.07) is 10.3. The molecular formula is C48H72N2O7. The lowest BCUT2D eigenvalue weighted by atomic mass is 9.33. The molecule has 9 atom stereocenters. The molecule has 1 aromatic carbocycles. The van der Waals surface area contributed by atoms with E-state index in [0.717, 1.165) is 62.5 Å². The Morgan fingerprint density at radius 2 is 1.61 bits per heavy atom. The summed E-state index contributed by atoms with van der Waals surface area (Å²) in [4.78, 5) is 53.3. The average molecular weight is 789 g/mol. The fourth-order valence-corrected chi connectivity index (χ4v) is 13.8. The Labute approximate surface area is 342 Å². The lowest BCUT2D eigenvalue weighted by molar-refractivity contribution is -0.235. The number of hydrogen-bond donors (Lipinski definition) is 3. The maximum absolute atomic E-state index is 14.3. The van der Waals surface area contributed by atoms with Gasteiger partial charge in [0.15, 0.2) is 5.78 Å². The summed E-state index contributed by atoms with van der Waals surface area (Å²) in [6.45, 7) is 23.3. The number of benzene rings is 1. The summed E-state index contributed by atoms with van der Waals surface area (Å²) in [5, 5.41) is 25.2. The first kappa shape index (κ1) is 43.5. The van der Waals surface area contributed by atoms with Crippen LogP contribution in [0.2, 0.25) is 0 Å². The maximum atomic E-state index is 14.3. The molecule has 1 aromatic rings. The van der Waals surface area contributed by atoms with Crippen molar-refractivity contribution in [3.63, 3.8) is 0 Å². The summed E-state index contributed by atoms with van der Waals surface area (Å²) in [5.74, 6) is -0.209. The molecule has 0 aliphatic heterocycles. The number of Topliss-reactive ketones (excluding diaryl/α,β-unsaturated/α-hetero) is 1. The molecular weight excluding hydrogens is 717 g/mol. The lowest BCUT2D eigenvalue weighted by Crippen LogP contribution is -2.66. The minimum absolute atomic E-state index is 0.0157. The van der Waals surface area contributed by atoms with E-state index in [2.05, 4.69) is 70.8 Å². The van der Waals surface area contributed by atoms with E-state index in [1.807, 2.05) is 18.2 Å². The van der Waals surface area contributed by atoms with Gasteiger partial charge in [-0.05, 0) is 116 Å². The van der Waals surface area contributed by atoms with Gasteiger partial charge in [0, 0.05) is 50.4 Å². The fourth-order valence-electron chi connectivity index (χ4n) is 13.8. The highest BCUT2D eigenvalue weighted by molar-refractivity contribution is 6.00. The van der Waals surface area contributed by atoms with E-state index in [1.54, 1.807) is 13.8 Å². The molecule has 4 fully saturated rings. The van der Waals surface area contributed by atoms with Crippen LogP contribution in [0, 0.1) is 56.2 Å². The highest BCUT2D eigenvalue weighted by Gasteiger charge is 2.71. The van der Waals surface area contributed by atoms with Crippen molar-refractivity contribution in [2.75, 3.05) is 19.6 Å². The summed E-state index contributed by atoms with van der Waals surface area (Å²) < 4.78 is 6.19. The van der Waals surface area contributed by atoms with Crippen molar-refractivity contribution in [1.29, 1.82) is 0 Å². The number of nitrogens with zero attached hydrogens (tertiary/aromatic N) is 1. The molecule has 57 heavy (non-hydrogen) atoms. The Morgan fingerprint density at radius 3 is 2.25 bits per heavy atom. The zero-order chi connectivity index (χ0) is 41.9. The van der Waals surface area contributed by atoms with Gasteiger partial charge in [-0.25, -0.2) is 0 Å². The van der Waals surface area contributed by atoms with Crippen LogP contribution in [0.15, 0.2) is 41.5 Å². The second kappa shape index (κ2) is 15.5. The van der Waals surface area contributed by atoms with E-state index in [-0.39, 0.29) is 57.7 Å². The van der Waals surface area contributed by atoms with Gasteiger partial charge in [-0.15, -0.1) is 0 Å². The Hall–Kier alpha value is -3.04. The van der Waals surface area contributed by atoms with Gasteiger partial charge < -0.3 is 20.3 Å². The Morgan fingerprint density at radius 1 is 0.930 bits per heavy atom. The number of hydrogen-bond acceptors (Lipinski definition) is 7. The standard InChI is InChI=1S/C48H72N2O7/c1-30(2)40-34(52)26-48(37(53)29-50(25-24-49-31(3)51)28-32-14-12-11-13-15-32)23-22-46(9)33(41(40)48)16-17-36-45(8)20-19-38(57-39(54)27-43(4,5)42(55)56)44(6,7)35(45)18-21-47(36,46)10/h11-15,30,33,35-38,53H,16-29H2,1-10H3,(H,49,51)(H,55,56)/t33-,35+,36-,37+,38?,45+,46-,47-,48+/m1/s1. The van der Waals surface area contributed by atoms with Crippen molar-refractivity contribution in [2.24, 2.45) is 56.2 Å². The van der Waals surface area contributed by atoms with Crippen LogP contribution < -0.4 is 5.32 Å². The summed E-state index contributed by atoms with van der Waals surface area (Å²) in [6.07, 6.45) is 6.83. The predicted octanol–water partition coefficient (Wildman–Crippen LogP) is 8.38. The number of carbonyl (C=O) groups is 4. The average Bonchev–Trinajstić information content (AvgIpc) is 3.43. The molecule has 6 rings (SSSR count). The van der Waals surface area contributed by atoms with Crippen LogP contribution in [0.5, 0.6) is 0 Å². The fraction of sp³-hybridized carbons (Fsp3) is 0.750. The molecule has 1 amide bonds. The topological polar surface area (TPSA) is 133 Å². The number of esters is 1. The number of aliphatic carboxylic acids is 1. The van der Waals surface area contributed by atoms with Crippen molar-refractivity contribution in [3.05, 3.63) is 47.0 Å². The van der Waals surface area contributed by atoms with Gasteiger partial charge in [0.25, 0.3) is 0 Å². The molecule has 9 nitrogen and oxygen atoms in total. The van der Waals surface area contributed by atoms with Crippen LogP contribution in [0.25, 0.3) is 0 Å². The first-order valence-corrected chi connectivity index (χ1v) is 21.9. The molecule has 5 aliphatic rings. The zero-order valence-electron chi connectivity index (χ0n) is 36.6. The minimum atomic E-state index is -1.18. The number of carboxylic acid groups (broad SMARTS) is 1. The molecule has 5 aliphatic carbocycles. The number of aliphatic hydroxyl groups is 1. The van der Waals surface area contributed by atoms with Crippen LogP contribution in [0.4, 0.5) is 0 Å². The number of nitrogens with one attached hydrogen (secondary N) is 1. The van der Waals surface area contributed by atoms with Crippen LogP contribution in [-0.2, 0) is 30.5 Å². The van der Waals surface area contributed by atoms with Crippen molar-refractivity contribution >= 4 is 23.6 Å². The van der Waals surface area contributed by atoms with E-state index >= 15 is 0 Å². The largest absolute Gasteiger partial charge is 0.481 e. The maximum Gasteiger partial charge on any atom is 0.309 e. The molecule has 0 bridgehead atoms. The number of allylic oxidation sites excluding steroid dienone is 1. The second-order valence-electron chi connectivity index (χ2n) is 21.3. The first-order chi connectivity index (χ1) is 26.5. The number of ketones is 1. The summed E-state index contributed by atoms with van der Waals surface area (Å²) in [5.41, 5.74) is 1.32. The van der Waals surface area contributed by atoms with Gasteiger partial charge >= 0.3 is 11.9 Å². The van der Waals surface area contributed by atoms with Gasteiger partial charge in [-0.3, -0.25) is 24.1 Å². The van der Waals surface area contributed by atoms with Crippen molar-refractivity contribution in [1.82, 2.24) is 10.2 Å². The summed E-state index contributed by atoms with van der Waals surface area (Å²) >= 11 is 0. The van der Waals surface area contributed by atoms with Gasteiger partial charge in [0.05, 0.1) is 17.9 Å². The molecule has 3 N–H and O–H groups in total. The molecule has 0 saturated heterocycles. The smallest absolute Gasteiger partial charge is 0.309 e. The molecule has 9 heteroatoms. The first-order valence-electron chi connectivity index (χ1n) is 21.9. The van der Waals surface area contributed by atoms with E-state index in [4.69, 9.17) is 4.74 Å². The number of ether oxygens (including phenoxy) is 1. The Balaban J connectivity index is 1.28. The van der Waals surface area contributed by atoms with Crippen molar-refractivity contribution in [2.45, 2.75) is 152 Å². The van der Waals surface area contributed by atoms with Gasteiger partial charge in [0.1, 0.15) is 6.10 Å². The zero-order valence-corrected chi connectivity index (χ0v) is 36.6. The lowest BCUT2D eigenvalue weighted by Gasteiger charge is -2.72. The van der Waals surface area contributed by atoms with E-state index in [9.17, 15) is 29.4 Å². The third-order valence-corrected chi connectivity index (χ3v) is 17.0. The molecule has 0 spiro atoms. The number of carbonyl (C=O) groups excluding carboxylic acids is 3. The van der Waals surface area contributed by atoms with Crippen LogP contribution in [-0.4, -0.2) is 70.6 Å². The number of carboxylic acids is 1. The molecule has 4 saturated carbocycles. The van der Waals surface area contributed by atoms with Gasteiger partial charge in [-0.2, -0.15) is 0 Å². The van der Waals surface area contributed by atoms with Crippen LogP contribution >= 0.6 is 0 Å². The van der Waals surface area contributed by atoms with Crippen molar-refractivity contribution < 1.29 is 34.1 Å². The summed E-state index contributed by atoms with van der Waals surface area (Å²) in [7, 11) is 0. The quantitative estimate of drug-likeness (QED) is 0.170. The molecule has 0 aromatic heterocycles. The van der Waals surface area contributed by atoms with E-state index in [1.165, 1.54) is 12.5 Å². The SMILES string of the molecule is CC(=O)NCCN(Cc1ccccc1)C[C@H](O)[C@@]12CC[C@]3(C)[C@H](CC[C@@H]4[C@@]5(C)CCC(OC(=O)CC(C)(C)C(=O)O)C(C)(C)[C@@H]5CC[C@]43C)C1=C(C(C)C)C(=O)C2. The van der Waals surface area contributed by atoms with Gasteiger partial charge in [0.2, 0.25) is 5.91 Å². The van der Waals surface area contributed by atoms with Crippen molar-refractivity contribution in [3.8, 4) is 0 Å². The number of rotatable bonds is 13. The normalized spacial score (nSPS) is 35.2. The monoisotopic (exact) mass is 789 g/mol. The minimum Gasteiger partial charge on any atom is -0.481 e. The molecule has 0 heterocycles. The molecule has 316 valence electrons. The third kappa shape index (κ3) is 7.44. The second-order valence-corrected chi connectivity index (χ2v) is 21.3. The molecule has 1 unspecified atom stereocenters. The number of fused-ring (bicyclic) bond motifs is 7. The predicted molar refractivity (Wildman–Crippen MR) is 222 cm³/mol. The van der Waals surface area contributed by atoms with Crippen LogP contribution in [0.3, 0.4) is 0 Å². The highest BCUT2D eigenvalue weighted by Crippen LogP contribution is 2.77. The number of aliphatic hydroxyl groups excluding tert-OH is 1. The van der Waals surface area contributed by atoms with E-state index < -0.39 is 28.9 Å². The van der Waals surface area contributed by atoms with Gasteiger partial charge in [-0.1, -0.05) is 84.4 Å². The third-order valence-electron chi connectivity index (χ3n) is 17.0. The van der Waals surface area contributed by atoms with E-state index in [0.29, 0.717) is 44.4 Å².